The summed E-state index contributed by atoms with van der Waals surface area (Å²) in [6.45, 7) is 2.31. The van der Waals surface area contributed by atoms with Gasteiger partial charge in [-0.25, -0.2) is 4.39 Å². The minimum atomic E-state index is -0.304. The molecule has 1 saturated heterocycles. The Morgan fingerprint density at radius 2 is 2.00 bits per heavy atom. The lowest BCUT2D eigenvalue weighted by Gasteiger charge is -2.31. The maximum Gasteiger partial charge on any atom is 0.226 e. The van der Waals surface area contributed by atoms with Crippen molar-refractivity contribution in [3.8, 4) is 11.4 Å². The highest BCUT2D eigenvalue weighted by Gasteiger charge is 2.21. The molecule has 2 heterocycles. The Labute approximate surface area is 146 Å². The number of piperidine rings is 1. The van der Waals surface area contributed by atoms with Crippen molar-refractivity contribution in [2.75, 3.05) is 19.6 Å². The van der Waals surface area contributed by atoms with E-state index in [1.165, 1.54) is 12.1 Å². The number of nitrogens with zero attached hydrogens (tertiary/aromatic N) is 3. The maximum absolute atomic E-state index is 12.9. The SMILES string of the molecule is NCC1CCN(C(=O)CCCc2nc(-c3ccc(F)cc3)no2)CC1. The number of rotatable bonds is 6. The van der Waals surface area contributed by atoms with Crippen LogP contribution in [0.1, 0.15) is 31.6 Å². The molecular formula is C18H23FN4O2. The van der Waals surface area contributed by atoms with Crippen molar-refractivity contribution in [1.29, 1.82) is 0 Å². The summed E-state index contributed by atoms with van der Waals surface area (Å²) in [5.74, 6) is 1.35. The van der Waals surface area contributed by atoms with E-state index in [9.17, 15) is 9.18 Å². The zero-order chi connectivity index (χ0) is 17.6. The summed E-state index contributed by atoms with van der Waals surface area (Å²) in [5, 5.41) is 3.91. The van der Waals surface area contributed by atoms with Gasteiger partial charge >= 0.3 is 0 Å². The lowest BCUT2D eigenvalue weighted by Crippen LogP contribution is -2.39. The Hall–Kier alpha value is -2.28. The fraction of sp³-hybridized carbons (Fsp3) is 0.500. The van der Waals surface area contributed by atoms with E-state index in [2.05, 4.69) is 10.1 Å². The molecule has 1 fully saturated rings. The van der Waals surface area contributed by atoms with Crippen molar-refractivity contribution in [1.82, 2.24) is 15.0 Å². The van der Waals surface area contributed by atoms with Crippen molar-refractivity contribution >= 4 is 5.91 Å². The van der Waals surface area contributed by atoms with Gasteiger partial charge in [0, 0.05) is 31.5 Å². The molecule has 6 nitrogen and oxygen atoms in total. The van der Waals surface area contributed by atoms with E-state index >= 15 is 0 Å². The molecule has 1 aliphatic heterocycles. The minimum Gasteiger partial charge on any atom is -0.343 e. The number of aryl methyl sites for hydroxylation is 1. The first kappa shape index (κ1) is 17.5. The minimum absolute atomic E-state index is 0.175. The van der Waals surface area contributed by atoms with Gasteiger partial charge in [-0.2, -0.15) is 4.98 Å². The van der Waals surface area contributed by atoms with Crippen LogP contribution in [-0.2, 0) is 11.2 Å². The third-order valence-corrected chi connectivity index (χ3v) is 4.65. The fourth-order valence-electron chi connectivity index (χ4n) is 3.04. The molecule has 1 aromatic carbocycles. The van der Waals surface area contributed by atoms with Gasteiger partial charge in [0.15, 0.2) is 0 Å². The van der Waals surface area contributed by atoms with Gasteiger partial charge in [0.25, 0.3) is 0 Å². The van der Waals surface area contributed by atoms with Crippen molar-refractivity contribution in [3.63, 3.8) is 0 Å². The zero-order valence-electron chi connectivity index (χ0n) is 14.2. The molecular weight excluding hydrogens is 323 g/mol. The maximum atomic E-state index is 12.9. The lowest BCUT2D eigenvalue weighted by molar-refractivity contribution is -0.132. The predicted octanol–water partition coefficient (Wildman–Crippen LogP) is 2.40. The third kappa shape index (κ3) is 4.63. The summed E-state index contributed by atoms with van der Waals surface area (Å²) in [7, 11) is 0. The number of nitrogens with two attached hydrogens (primary N) is 1. The monoisotopic (exact) mass is 346 g/mol. The van der Waals surface area contributed by atoms with Gasteiger partial charge in [-0.3, -0.25) is 4.79 Å². The van der Waals surface area contributed by atoms with Gasteiger partial charge in [-0.05, 0) is 56.0 Å². The van der Waals surface area contributed by atoms with Crippen LogP contribution >= 0.6 is 0 Å². The van der Waals surface area contributed by atoms with E-state index in [1.807, 2.05) is 4.90 Å². The Balaban J connectivity index is 1.45. The summed E-state index contributed by atoms with van der Waals surface area (Å²) in [6, 6.07) is 5.94. The highest BCUT2D eigenvalue weighted by atomic mass is 19.1. The second-order valence-electron chi connectivity index (χ2n) is 6.43. The van der Waals surface area contributed by atoms with E-state index in [-0.39, 0.29) is 11.7 Å². The van der Waals surface area contributed by atoms with Crippen LogP contribution in [-0.4, -0.2) is 40.6 Å². The van der Waals surface area contributed by atoms with Gasteiger partial charge < -0.3 is 15.2 Å². The second kappa shape index (κ2) is 8.20. The molecule has 0 aliphatic carbocycles. The van der Waals surface area contributed by atoms with Gasteiger partial charge in [0.2, 0.25) is 17.6 Å². The standard InChI is InChI=1S/C18H23FN4O2/c19-15-6-4-14(5-7-15)18-21-16(25-22-18)2-1-3-17(24)23-10-8-13(12-20)9-11-23/h4-7,13H,1-3,8-12,20H2. The number of halogens is 1. The average molecular weight is 346 g/mol. The first-order valence-corrected chi connectivity index (χ1v) is 8.72. The van der Waals surface area contributed by atoms with Crippen molar-refractivity contribution in [2.45, 2.75) is 32.1 Å². The number of carbonyl (C=O) groups is 1. The molecule has 2 N–H and O–H groups in total. The molecule has 1 aromatic heterocycles. The number of carbonyl (C=O) groups excluding carboxylic acids is 1. The third-order valence-electron chi connectivity index (χ3n) is 4.65. The average Bonchev–Trinajstić information content (AvgIpc) is 3.11. The number of hydrogen-bond acceptors (Lipinski definition) is 5. The summed E-state index contributed by atoms with van der Waals surface area (Å²) in [4.78, 5) is 18.5. The first-order chi connectivity index (χ1) is 12.2. The topological polar surface area (TPSA) is 85.2 Å². The highest BCUT2D eigenvalue weighted by Crippen LogP contribution is 2.18. The highest BCUT2D eigenvalue weighted by molar-refractivity contribution is 5.76. The van der Waals surface area contributed by atoms with Crippen molar-refractivity contribution < 1.29 is 13.7 Å². The van der Waals surface area contributed by atoms with Crippen LogP contribution in [0.2, 0.25) is 0 Å². The molecule has 0 bridgehead atoms. The van der Waals surface area contributed by atoms with Crippen LogP contribution in [0, 0.1) is 11.7 Å². The van der Waals surface area contributed by atoms with Gasteiger partial charge in [0.05, 0.1) is 0 Å². The molecule has 0 unspecified atom stereocenters. The van der Waals surface area contributed by atoms with E-state index in [4.69, 9.17) is 10.3 Å². The van der Waals surface area contributed by atoms with Crippen LogP contribution < -0.4 is 5.73 Å². The lowest BCUT2D eigenvalue weighted by atomic mass is 9.97. The van der Waals surface area contributed by atoms with E-state index < -0.39 is 0 Å². The first-order valence-electron chi connectivity index (χ1n) is 8.72. The summed E-state index contributed by atoms with van der Waals surface area (Å²) < 4.78 is 18.2. The van der Waals surface area contributed by atoms with Crippen molar-refractivity contribution in [3.05, 3.63) is 36.0 Å². The largest absolute Gasteiger partial charge is 0.343 e. The molecule has 25 heavy (non-hydrogen) atoms. The van der Waals surface area contributed by atoms with Gasteiger partial charge in [0.1, 0.15) is 5.82 Å². The number of likely N-dealkylation sites (tertiary alicyclic amines) is 1. The molecule has 3 rings (SSSR count). The normalized spacial score (nSPS) is 15.5. The molecule has 1 aliphatic rings. The van der Waals surface area contributed by atoms with Crippen LogP contribution in [0.4, 0.5) is 4.39 Å². The molecule has 0 atom stereocenters. The molecule has 0 saturated carbocycles. The second-order valence-corrected chi connectivity index (χ2v) is 6.43. The van der Waals surface area contributed by atoms with Crippen molar-refractivity contribution in [2.24, 2.45) is 11.7 Å². The van der Waals surface area contributed by atoms with Crippen LogP contribution in [0.3, 0.4) is 0 Å². The summed E-state index contributed by atoms with van der Waals surface area (Å²) in [5.41, 5.74) is 6.38. The van der Waals surface area contributed by atoms with Gasteiger partial charge in [-0.15, -0.1) is 0 Å². The quantitative estimate of drug-likeness (QED) is 0.868. The molecule has 2 aromatic rings. The fourth-order valence-corrected chi connectivity index (χ4v) is 3.04. The molecule has 134 valence electrons. The number of benzene rings is 1. The van der Waals surface area contributed by atoms with Gasteiger partial charge in [-0.1, -0.05) is 5.16 Å². The summed E-state index contributed by atoms with van der Waals surface area (Å²) in [6.07, 6.45) is 3.68. The Kier molecular flexibility index (Phi) is 5.75. The Bertz CT molecular complexity index is 693. The predicted molar refractivity (Wildman–Crippen MR) is 91.0 cm³/mol. The molecule has 0 radical (unpaired) electrons. The van der Waals surface area contributed by atoms with Crippen LogP contribution in [0.5, 0.6) is 0 Å². The molecule has 0 spiro atoms. The number of hydrogen-bond donors (Lipinski definition) is 1. The molecule has 7 heteroatoms. The van der Waals surface area contributed by atoms with E-state index in [0.29, 0.717) is 49.0 Å². The van der Waals surface area contributed by atoms with E-state index in [1.54, 1.807) is 12.1 Å². The zero-order valence-corrected chi connectivity index (χ0v) is 14.2. The van der Waals surface area contributed by atoms with Crippen LogP contribution in [0.15, 0.2) is 28.8 Å². The molecule has 1 amide bonds. The van der Waals surface area contributed by atoms with E-state index in [0.717, 1.165) is 25.9 Å². The summed E-state index contributed by atoms with van der Waals surface area (Å²) >= 11 is 0. The van der Waals surface area contributed by atoms with Crippen LogP contribution in [0.25, 0.3) is 11.4 Å². The number of aromatic nitrogens is 2. The smallest absolute Gasteiger partial charge is 0.226 e. The number of amides is 1. The Morgan fingerprint density at radius 3 is 2.68 bits per heavy atom. The Morgan fingerprint density at radius 1 is 1.28 bits per heavy atom.